The standard InChI is InChI=1S/C65H36F12N6/c66-62(67,68)44-24-28-46(51(34-44)64(72,73)74)41-21-26-48-49-27-22-42(47-29-25-45(63(69,70)71)35-52(47)65(75,76)77)33-57(49)83(56(48)32-41)55-30-23-43(60-81-58(39-17-9-3-10-18-39)80-59(82-60)40-19-11-4-12-20-40)31-50(55)61-78-53(37-13-5-1-6-14-37)36-54(79-61)38-15-7-2-8-16-38/h1-36H. The molecule has 3 aromatic heterocycles. The average Bonchev–Trinajstić information content (AvgIpc) is 2.88. The molecule has 0 atom stereocenters. The molecule has 0 aliphatic carbocycles. The van der Waals surface area contributed by atoms with E-state index in [0.29, 0.717) is 73.8 Å². The monoisotopic (exact) mass is 1130 g/mol. The molecular formula is C65H36F12N6. The zero-order valence-corrected chi connectivity index (χ0v) is 42.5. The van der Waals surface area contributed by atoms with Crippen LogP contribution in [-0.4, -0.2) is 29.5 Å². The summed E-state index contributed by atoms with van der Waals surface area (Å²) in [6.07, 6.45) is -20.9. The van der Waals surface area contributed by atoms with Crippen LogP contribution in [0.15, 0.2) is 218 Å². The number of hydrogen-bond acceptors (Lipinski definition) is 5. The Kier molecular flexibility index (Phi) is 13.3. The van der Waals surface area contributed by atoms with Crippen molar-refractivity contribution in [3.05, 3.63) is 241 Å². The maximum absolute atomic E-state index is 15.0. The van der Waals surface area contributed by atoms with Crippen molar-refractivity contribution < 1.29 is 52.7 Å². The molecule has 6 nitrogen and oxygen atoms in total. The third-order valence-electron chi connectivity index (χ3n) is 14.0. The summed E-state index contributed by atoms with van der Waals surface area (Å²) in [5.74, 6) is 0.844. The average molecular weight is 1130 g/mol. The summed E-state index contributed by atoms with van der Waals surface area (Å²) in [4.78, 5) is 25.0. The maximum Gasteiger partial charge on any atom is 0.417 e. The summed E-state index contributed by atoms with van der Waals surface area (Å²) >= 11 is 0. The molecule has 0 bridgehead atoms. The zero-order valence-electron chi connectivity index (χ0n) is 42.5. The Morgan fingerprint density at radius 2 is 0.639 bits per heavy atom. The number of hydrogen-bond donors (Lipinski definition) is 0. The lowest BCUT2D eigenvalue weighted by Gasteiger charge is -2.18. The molecular weight excluding hydrogens is 1090 g/mol. The summed E-state index contributed by atoms with van der Waals surface area (Å²) in [7, 11) is 0. The van der Waals surface area contributed by atoms with Gasteiger partial charge in [-0.25, -0.2) is 24.9 Å². The van der Waals surface area contributed by atoms with Gasteiger partial charge in [0.05, 0.1) is 50.4 Å². The molecule has 0 fully saturated rings. The van der Waals surface area contributed by atoms with E-state index in [4.69, 9.17) is 24.9 Å². The van der Waals surface area contributed by atoms with Crippen LogP contribution in [0.4, 0.5) is 52.7 Å². The van der Waals surface area contributed by atoms with Crippen molar-refractivity contribution in [2.45, 2.75) is 24.7 Å². The van der Waals surface area contributed by atoms with E-state index in [1.54, 1.807) is 28.8 Å². The van der Waals surface area contributed by atoms with E-state index >= 15 is 0 Å². The number of halogens is 12. The Balaban J connectivity index is 1.20. The molecule has 0 unspecified atom stereocenters. The van der Waals surface area contributed by atoms with Crippen molar-refractivity contribution >= 4 is 21.8 Å². The van der Waals surface area contributed by atoms with Crippen LogP contribution in [0.25, 0.3) is 118 Å². The quantitative estimate of drug-likeness (QED) is 0.135. The number of aromatic nitrogens is 6. The minimum absolute atomic E-state index is 0.0233. The van der Waals surface area contributed by atoms with Gasteiger partial charge < -0.3 is 4.57 Å². The highest BCUT2D eigenvalue weighted by molar-refractivity contribution is 6.12. The van der Waals surface area contributed by atoms with Gasteiger partial charge in [-0.15, -0.1) is 0 Å². The molecule has 0 saturated carbocycles. The smallest absolute Gasteiger partial charge is 0.308 e. The molecule has 0 saturated heterocycles. The first-order valence-electron chi connectivity index (χ1n) is 25.3. The number of nitrogens with zero attached hydrogens (tertiary/aromatic N) is 6. The van der Waals surface area contributed by atoms with Crippen LogP contribution < -0.4 is 0 Å². The van der Waals surface area contributed by atoms with Crippen LogP contribution >= 0.6 is 0 Å². The van der Waals surface area contributed by atoms with Crippen LogP contribution in [0.2, 0.25) is 0 Å². The number of benzene rings is 9. The lowest BCUT2D eigenvalue weighted by atomic mass is 9.95. The summed E-state index contributed by atoms with van der Waals surface area (Å²) in [6.45, 7) is 0. The molecule has 12 rings (SSSR count). The topological polar surface area (TPSA) is 69.4 Å². The van der Waals surface area contributed by atoms with Gasteiger partial charge >= 0.3 is 24.7 Å². The number of rotatable bonds is 9. The van der Waals surface area contributed by atoms with E-state index in [-0.39, 0.29) is 57.2 Å². The van der Waals surface area contributed by atoms with Crippen molar-refractivity contribution in [3.63, 3.8) is 0 Å². The fourth-order valence-electron chi connectivity index (χ4n) is 10.1. The molecule has 0 aliphatic rings. The SMILES string of the molecule is FC(F)(F)c1ccc(-c2ccc3c4ccc(-c5ccc(C(F)(F)F)cc5C(F)(F)F)cc4n(-c4ccc(-c5nc(-c6ccccc6)nc(-c6ccccc6)n5)cc4-c4nc(-c5ccccc5)cc(-c5ccccc5)n4)c3c2)c(C(F)(F)F)c1. The summed E-state index contributed by atoms with van der Waals surface area (Å²) in [6, 6.07) is 53.9. The van der Waals surface area contributed by atoms with Crippen molar-refractivity contribution in [3.8, 4) is 96.0 Å². The molecule has 0 N–H and O–H groups in total. The molecule has 0 spiro atoms. The second-order valence-electron chi connectivity index (χ2n) is 19.3. The van der Waals surface area contributed by atoms with Gasteiger partial charge in [-0.3, -0.25) is 0 Å². The fourth-order valence-corrected chi connectivity index (χ4v) is 10.1. The van der Waals surface area contributed by atoms with Gasteiger partial charge in [0.2, 0.25) is 0 Å². The van der Waals surface area contributed by atoms with Gasteiger partial charge in [-0.1, -0.05) is 158 Å². The van der Waals surface area contributed by atoms with Crippen molar-refractivity contribution in [1.82, 2.24) is 29.5 Å². The van der Waals surface area contributed by atoms with E-state index in [1.807, 2.05) is 121 Å². The lowest BCUT2D eigenvalue weighted by Crippen LogP contribution is -2.12. The van der Waals surface area contributed by atoms with E-state index in [2.05, 4.69) is 0 Å². The fraction of sp³-hybridized carbons (Fsp3) is 0.0615. The van der Waals surface area contributed by atoms with Gasteiger partial charge in [-0.2, -0.15) is 52.7 Å². The lowest BCUT2D eigenvalue weighted by molar-refractivity contribution is -0.144. The van der Waals surface area contributed by atoms with Crippen molar-refractivity contribution in [2.24, 2.45) is 0 Å². The molecule has 0 aliphatic heterocycles. The summed E-state index contributed by atoms with van der Waals surface area (Å²) in [5, 5.41) is 0.631. The van der Waals surface area contributed by atoms with E-state index in [1.165, 1.54) is 36.4 Å². The third kappa shape index (κ3) is 10.5. The zero-order chi connectivity index (χ0) is 58.0. The summed E-state index contributed by atoms with van der Waals surface area (Å²) < 4.78 is 175. The van der Waals surface area contributed by atoms with Crippen LogP contribution in [0.3, 0.4) is 0 Å². The minimum atomic E-state index is -5.29. The van der Waals surface area contributed by atoms with Gasteiger partial charge in [-0.05, 0) is 82.9 Å². The predicted molar refractivity (Wildman–Crippen MR) is 293 cm³/mol. The highest BCUT2D eigenvalue weighted by Crippen LogP contribution is 2.47. The van der Waals surface area contributed by atoms with E-state index in [9.17, 15) is 52.7 Å². The number of fused-ring (bicyclic) bond motifs is 3. The van der Waals surface area contributed by atoms with Gasteiger partial charge in [0, 0.05) is 44.2 Å². The highest BCUT2D eigenvalue weighted by Gasteiger charge is 2.40. The van der Waals surface area contributed by atoms with Crippen LogP contribution in [0, 0.1) is 0 Å². The van der Waals surface area contributed by atoms with Gasteiger partial charge in [0.1, 0.15) is 0 Å². The molecule has 410 valence electrons. The highest BCUT2D eigenvalue weighted by atomic mass is 19.4. The minimum Gasteiger partial charge on any atom is -0.308 e. The van der Waals surface area contributed by atoms with Crippen molar-refractivity contribution in [1.29, 1.82) is 0 Å². The molecule has 3 heterocycles. The molecule has 0 amide bonds. The normalized spacial score (nSPS) is 12.3. The first-order valence-corrected chi connectivity index (χ1v) is 25.3. The van der Waals surface area contributed by atoms with Crippen molar-refractivity contribution in [2.75, 3.05) is 0 Å². The second-order valence-corrected chi connectivity index (χ2v) is 19.3. The molecule has 9 aromatic carbocycles. The van der Waals surface area contributed by atoms with Crippen LogP contribution in [0.1, 0.15) is 22.3 Å². The molecule has 12 aromatic rings. The van der Waals surface area contributed by atoms with E-state index in [0.717, 1.165) is 12.1 Å². The van der Waals surface area contributed by atoms with Gasteiger partial charge in [0.25, 0.3) is 0 Å². The Morgan fingerprint density at radius 1 is 0.265 bits per heavy atom. The molecule has 83 heavy (non-hydrogen) atoms. The Bertz CT molecular complexity index is 4180. The third-order valence-corrected chi connectivity index (χ3v) is 14.0. The molecule has 0 radical (unpaired) electrons. The first-order chi connectivity index (χ1) is 39.7. The molecule has 18 heteroatoms. The second kappa shape index (κ2) is 20.5. The Hall–Kier alpha value is -9.97. The maximum atomic E-state index is 15.0. The Morgan fingerprint density at radius 3 is 1.02 bits per heavy atom. The summed E-state index contributed by atoms with van der Waals surface area (Å²) in [5.41, 5.74) is -3.37. The predicted octanol–water partition coefficient (Wildman–Crippen LogP) is 19.2. The van der Waals surface area contributed by atoms with E-state index < -0.39 is 58.1 Å². The first kappa shape index (κ1) is 53.7. The largest absolute Gasteiger partial charge is 0.417 e. The van der Waals surface area contributed by atoms with Crippen LogP contribution in [0.5, 0.6) is 0 Å². The Labute approximate surface area is 463 Å². The van der Waals surface area contributed by atoms with Crippen LogP contribution in [-0.2, 0) is 24.7 Å². The van der Waals surface area contributed by atoms with Gasteiger partial charge in [0.15, 0.2) is 23.3 Å². The number of alkyl halides is 12.